The van der Waals surface area contributed by atoms with Crippen LogP contribution in [-0.2, 0) is 4.79 Å². The second-order valence-electron chi connectivity index (χ2n) is 1.28. The maximum absolute atomic E-state index is 9.74. The van der Waals surface area contributed by atoms with Crippen LogP contribution >= 0.6 is 0 Å². The molecule has 3 nitrogen and oxygen atoms in total. The van der Waals surface area contributed by atoms with E-state index in [1.165, 1.54) is 6.92 Å². The quantitative estimate of drug-likeness (QED) is 0.397. The van der Waals surface area contributed by atoms with E-state index in [4.69, 9.17) is 10.4 Å². The van der Waals surface area contributed by atoms with Crippen LogP contribution in [0.1, 0.15) is 6.92 Å². The van der Waals surface area contributed by atoms with Crippen LogP contribution < -0.4 is 0 Å². The van der Waals surface area contributed by atoms with E-state index < -0.39 is 5.97 Å². The molecule has 0 amide bonds. The van der Waals surface area contributed by atoms with Crippen molar-refractivity contribution < 1.29 is 9.90 Å². The number of carbonyl (C=O) groups is 1. The highest BCUT2D eigenvalue weighted by atomic mass is 16.4. The van der Waals surface area contributed by atoms with Crippen LogP contribution in [0.15, 0.2) is 11.6 Å². The Morgan fingerprint density at radius 2 is 2.38 bits per heavy atom. The number of hydrogen-bond acceptors (Lipinski definition) is 2. The second-order valence-corrected chi connectivity index (χ2v) is 1.28. The fourth-order valence-corrected chi connectivity index (χ4v) is 0.217. The molecule has 0 aromatic rings. The van der Waals surface area contributed by atoms with E-state index in [2.05, 4.69) is 0 Å². The molecule has 0 aliphatic rings. The van der Waals surface area contributed by atoms with Gasteiger partial charge in [-0.1, -0.05) is 0 Å². The minimum absolute atomic E-state index is 0.206. The monoisotopic (exact) mass is 111 g/mol. The molecule has 0 heterocycles. The van der Waals surface area contributed by atoms with Crippen molar-refractivity contribution in [1.29, 1.82) is 5.26 Å². The lowest BCUT2D eigenvalue weighted by molar-refractivity contribution is -0.131. The van der Waals surface area contributed by atoms with Gasteiger partial charge in [-0.25, -0.2) is 4.79 Å². The Balaban J connectivity index is 4.01. The predicted octanol–water partition coefficient (Wildman–Crippen LogP) is 0.541. The molecule has 0 atom stereocenters. The first kappa shape index (κ1) is 6.70. The first-order valence-electron chi connectivity index (χ1n) is 1.98. The van der Waals surface area contributed by atoms with E-state index in [0.717, 1.165) is 6.08 Å². The van der Waals surface area contributed by atoms with Gasteiger partial charge in [0.05, 0.1) is 6.07 Å². The van der Waals surface area contributed by atoms with Crippen LogP contribution in [0.25, 0.3) is 0 Å². The smallest absolute Gasteiger partial charge is 0.329 e. The Bertz CT molecular complexity index is 164. The van der Waals surface area contributed by atoms with Crippen molar-refractivity contribution in [2.45, 2.75) is 6.92 Å². The molecule has 0 spiro atoms. The van der Waals surface area contributed by atoms with Crippen molar-refractivity contribution in [1.82, 2.24) is 0 Å². The topological polar surface area (TPSA) is 61.1 Å². The largest absolute Gasteiger partial charge is 0.478 e. The molecule has 42 valence electrons. The van der Waals surface area contributed by atoms with Crippen LogP contribution in [0.2, 0.25) is 0 Å². The van der Waals surface area contributed by atoms with Gasteiger partial charge in [0.15, 0.2) is 0 Å². The van der Waals surface area contributed by atoms with Crippen LogP contribution in [0, 0.1) is 11.3 Å². The van der Waals surface area contributed by atoms with Gasteiger partial charge < -0.3 is 5.11 Å². The minimum Gasteiger partial charge on any atom is -0.478 e. The Morgan fingerprint density at radius 3 is 2.50 bits per heavy atom. The third-order valence-electron chi connectivity index (χ3n) is 0.516. The molecule has 0 aromatic heterocycles. The van der Waals surface area contributed by atoms with Crippen molar-refractivity contribution in [3.05, 3.63) is 11.6 Å². The zero-order chi connectivity index (χ0) is 6.57. The summed E-state index contributed by atoms with van der Waals surface area (Å²) in [5.74, 6) is -1.08. The molecule has 0 aliphatic heterocycles. The maximum Gasteiger partial charge on any atom is 0.329 e. The third-order valence-corrected chi connectivity index (χ3v) is 0.516. The molecule has 0 saturated carbocycles. The lowest BCUT2D eigenvalue weighted by Crippen LogP contribution is -1.87. The summed E-state index contributed by atoms with van der Waals surface area (Å²) in [6.07, 6.45) is 0.861. The van der Waals surface area contributed by atoms with E-state index in [1.807, 2.05) is 0 Å². The van der Waals surface area contributed by atoms with Crippen molar-refractivity contribution in [2.24, 2.45) is 0 Å². The summed E-state index contributed by atoms with van der Waals surface area (Å²) in [7, 11) is 0. The van der Waals surface area contributed by atoms with Gasteiger partial charge in [0, 0.05) is 11.6 Å². The highest BCUT2D eigenvalue weighted by Crippen LogP contribution is 1.85. The lowest BCUT2D eigenvalue weighted by Gasteiger charge is -1.77. The van der Waals surface area contributed by atoms with E-state index >= 15 is 0 Å². The zero-order valence-electron chi connectivity index (χ0n) is 4.38. The number of rotatable bonds is 1. The van der Waals surface area contributed by atoms with Crippen molar-refractivity contribution in [2.75, 3.05) is 0 Å². The molecule has 3 heteroatoms. The van der Waals surface area contributed by atoms with Crippen LogP contribution in [0.4, 0.5) is 0 Å². The van der Waals surface area contributed by atoms with Gasteiger partial charge >= 0.3 is 5.97 Å². The summed E-state index contributed by atoms with van der Waals surface area (Å²) in [6.45, 7) is 1.44. The number of carboxylic acids is 1. The third kappa shape index (κ3) is 2.91. The molecule has 0 aromatic carbocycles. The van der Waals surface area contributed by atoms with E-state index in [1.54, 1.807) is 6.07 Å². The molecule has 1 N–H and O–H groups in total. The summed E-state index contributed by atoms with van der Waals surface area (Å²) in [5, 5.41) is 16.0. The van der Waals surface area contributed by atoms with E-state index in [-0.39, 0.29) is 5.57 Å². The Kier molecular flexibility index (Phi) is 2.35. The molecular formula is C5H5NO2. The van der Waals surface area contributed by atoms with Crippen LogP contribution in [0.5, 0.6) is 0 Å². The van der Waals surface area contributed by atoms with Gasteiger partial charge in [-0.2, -0.15) is 5.26 Å². The number of aliphatic carboxylic acids is 1. The Labute approximate surface area is 46.9 Å². The zero-order valence-corrected chi connectivity index (χ0v) is 4.38. The highest BCUT2D eigenvalue weighted by molar-refractivity contribution is 5.81. The number of nitriles is 1. The van der Waals surface area contributed by atoms with Gasteiger partial charge in [-0.05, 0) is 6.92 Å². The first-order chi connectivity index (χ1) is 3.66. The molecular weight excluding hydrogens is 106 g/mol. The van der Waals surface area contributed by atoms with Crippen LogP contribution in [-0.4, -0.2) is 11.1 Å². The van der Waals surface area contributed by atoms with Gasteiger partial charge in [0.1, 0.15) is 0 Å². The van der Waals surface area contributed by atoms with E-state index in [9.17, 15) is 4.79 Å². The summed E-state index contributed by atoms with van der Waals surface area (Å²) < 4.78 is 0. The van der Waals surface area contributed by atoms with Gasteiger partial charge in [-0.15, -0.1) is 0 Å². The maximum atomic E-state index is 9.74. The van der Waals surface area contributed by atoms with Crippen molar-refractivity contribution in [3.63, 3.8) is 0 Å². The molecule has 0 aliphatic carbocycles. The Hall–Kier alpha value is -1.30. The van der Waals surface area contributed by atoms with Crippen molar-refractivity contribution in [3.8, 4) is 6.07 Å². The lowest BCUT2D eigenvalue weighted by atomic mass is 10.3. The molecule has 0 unspecified atom stereocenters. The summed E-state index contributed by atoms with van der Waals surface area (Å²) >= 11 is 0. The second kappa shape index (κ2) is 2.80. The minimum atomic E-state index is -1.08. The summed E-state index contributed by atoms with van der Waals surface area (Å²) in [5.41, 5.74) is 0.206. The van der Waals surface area contributed by atoms with E-state index in [0.29, 0.717) is 0 Å². The van der Waals surface area contributed by atoms with Gasteiger partial charge in [0.25, 0.3) is 0 Å². The Morgan fingerprint density at radius 1 is 1.88 bits per heavy atom. The normalized spacial score (nSPS) is 10.2. The molecule has 8 heavy (non-hydrogen) atoms. The van der Waals surface area contributed by atoms with Crippen LogP contribution in [0.3, 0.4) is 0 Å². The number of hydrogen-bond donors (Lipinski definition) is 1. The molecule has 0 rings (SSSR count). The van der Waals surface area contributed by atoms with Crippen molar-refractivity contribution >= 4 is 5.97 Å². The number of carboxylic acid groups (broad SMARTS) is 1. The summed E-state index contributed by atoms with van der Waals surface area (Å²) in [6, 6.07) is 1.68. The van der Waals surface area contributed by atoms with Gasteiger partial charge in [0.2, 0.25) is 0 Å². The molecule has 0 radical (unpaired) electrons. The molecule has 0 bridgehead atoms. The molecule has 0 saturated heterocycles. The number of allylic oxidation sites excluding steroid dienone is 1. The standard InChI is InChI=1S/C5H5NO2/c1-4(3-6)2-5(7)8/h2H,1H3,(H,7,8)/b4-2+. The predicted molar refractivity (Wildman–Crippen MR) is 27.0 cm³/mol. The highest BCUT2D eigenvalue weighted by Gasteiger charge is 1.88. The average molecular weight is 111 g/mol. The molecule has 0 fully saturated rings. The fraction of sp³-hybridized carbons (Fsp3) is 0.200. The first-order valence-corrected chi connectivity index (χ1v) is 1.98. The summed E-state index contributed by atoms with van der Waals surface area (Å²) in [4.78, 5) is 9.74. The average Bonchev–Trinajstić information content (AvgIpc) is 1.65. The fourth-order valence-electron chi connectivity index (χ4n) is 0.217. The van der Waals surface area contributed by atoms with Gasteiger partial charge in [-0.3, -0.25) is 0 Å². The SMILES string of the molecule is C/C(C#N)=C\C(=O)O. The number of nitrogens with zero attached hydrogens (tertiary/aromatic N) is 1.